The number of hydrogen-bond donors (Lipinski definition) is 1. The second kappa shape index (κ2) is 7.56. The molecule has 0 saturated carbocycles. The molecule has 0 amide bonds. The van der Waals surface area contributed by atoms with Crippen LogP contribution in [0, 0.1) is 13.8 Å². The first-order valence-corrected chi connectivity index (χ1v) is 8.36. The van der Waals surface area contributed by atoms with Gasteiger partial charge in [0, 0.05) is 30.2 Å². The molecule has 2 aromatic rings. The number of H-pyrrole nitrogens is 1. The van der Waals surface area contributed by atoms with E-state index < -0.39 is 0 Å². The van der Waals surface area contributed by atoms with Gasteiger partial charge in [-0.15, -0.1) is 0 Å². The molecule has 0 unspecified atom stereocenters. The van der Waals surface area contributed by atoms with Crippen LogP contribution < -0.4 is 0 Å². The summed E-state index contributed by atoms with van der Waals surface area (Å²) in [6.45, 7) is 6.09. The van der Waals surface area contributed by atoms with Gasteiger partial charge in [-0.2, -0.15) is 5.10 Å². The van der Waals surface area contributed by atoms with Crippen molar-refractivity contribution in [2.75, 3.05) is 19.8 Å². The van der Waals surface area contributed by atoms with Crippen LogP contribution in [-0.2, 0) is 13.0 Å². The molecule has 0 saturated heterocycles. The number of hydrogen-bond acceptors (Lipinski definition) is 5. The molecule has 1 N–H and O–H groups in total. The maximum absolute atomic E-state index is 4.31. The van der Waals surface area contributed by atoms with Gasteiger partial charge in [0.2, 0.25) is 0 Å². The van der Waals surface area contributed by atoms with Crippen LogP contribution in [0.3, 0.4) is 0 Å². The van der Waals surface area contributed by atoms with E-state index in [4.69, 9.17) is 0 Å². The van der Waals surface area contributed by atoms with Crippen LogP contribution in [0.1, 0.15) is 28.9 Å². The Morgan fingerprint density at radius 3 is 2.52 bits per heavy atom. The highest BCUT2D eigenvalue weighted by Crippen LogP contribution is 2.13. The highest BCUT2D eigenvalue weighted by molar-refractivity contribution is 7.98. The van der Waals surface area contributed by atoms with Crippen LogP contribution in [0.5, 0.6) is 0 Å². The fraction of sp³-hybridized carbons (Fsp3) is 0.533. The van der Waals surface area contributed by atoms with E-state index in [0.29, 0.717) is 0 Å². The maximum atomic E-state index is 4.31. The number of rotatable bonds is 7. The SMILES string of the molecule is CSc1ncc(CN(C)CCCc2c(C)n[nH]c2C)cn1. The van der Waals surface area contributed by atoms with Gasteiger partial charge in [0.15, 0.2) is 5.16 Å². The Morgan fingerprint density at radius 1 is 1.24 bits per heavy atom. The number of nitrogens with one attached hydrogen (secondary N) is 1. The first-order valence-electron chi connectivity index (χ1n) is 7.14. The van der Waals surface area contributed by atoms with E-state index in [1.165, 1.54) is 11.3 Å². The molecule has 21 heavy (non-hydrogen) atoms. The average Bonchev–Trinajstić information content (AvgIpc) is 2.80. The summed E-state index contributed by atoms with van der Waals surface area (Å²) in [6.07, 6.45) is 8.02. The lowest BCUT2D eigenvalue weighted by Crippen LogP contribution is -2.20. The minimum atomic E-state index is 0.826. The second-order valence-electron chi connectivity index (χ2n) is 5.33. The lowest BCUT2D eigenvalue weighted by atomic mass is 10.1. The van der Waals surface area contributed by atoms with Gasteiger partial charge in [0.1, 0.15) is 0 Å². The van der Waals surface area contributed by atoms with Gasteiger partial charge in [-0.3, -0.25) is 5.10 Å². The Kier molecular flexibility index (Phi) is 5.76. The summed E-state index contributed by atoms with van der Waals surface area (Å²) in [6, 6.07) is 0. The number of thioether (sulfide) groups is 1. The summed E-state index contributed by atoms with van der Waals surface area (Å²) in [7, 11) is 2.14. The molecule has 2 aromatic heterocycles. The normalized spacial score (nSPS) is 11.3. The van der Waals surface area contributed by atoms with Crippen LogP contribution in [0.2, 0.25) is 0 Å². The van der Waals surface area contributed by atoms with Crippen molar-refractivity contribution in [2.45, 2.75) is 38.4 Å². The molecule has 5 nitrogen and oxygen atoms in total. The summed E-state index contributed by atoms with van der Waals surface area (Å²) in [5, 5.41) is 8.11. The predicted octanol–water partition coefficient (Wildman–Crippen LogP) is 2.60. The van der Waals surface area contributed by atoms with Gasteiger partial charge in [0.05, 0.1) is 5.69 Å². The Balaban J connectivity index is 1.78. The average molecular weight is 305 g/mol. The third kappa shape index (κ3) is 4.54. The van der Waals surface area contributed by atoms with Crippen molar-refractivity contribution in [3.05, 3.63) is 34.9 Å². The van der Waals surface area contributed by atoms with Crippen LogP contribution in [-0.4, -0.2) is 44.9 Å². The predicted molar refractivity (Wildman–Crippen MR) is 86.5 cm³/mol. The summed E-state index contributed by atoms with van der Waals surface area (Å²) < 4.78 is 0. The number of nitrogens with zero attached hydrogens (tertiary/aromatic N) is 4. The summed E-state index contributed by atoms with van der Waals surface area (Å²) >= 11 is 1.57. The molecule has 0 aliphatic carbocycles. The van der Waals surface area contributed by atoms with Crippen molar-refractivity contribution in [3.63, 3.8) is 0 Å². The molecule has 0 radical (unpaired) electrons. The minimum Gasteiger partial charge on any atom is -0.302 e. The van der Waals surface area contributed by atoms with Gasteiger partial charge in [-0.05, 0) is 52.1 Å². The van der Waals surface area contributed by atoms with Gasteiger partial charge in [-0.1, -0.05) is 11.8 Å². The largest absolute Gasteiger partial charge is 0.302 e. The standard InChI is InChI=1S/C15H23N5S/c1-11-14(12(2)19-18-11)6-5-7-20(3)10-13-8-16-15(21-4)17-9-13/h8-9H,5-7,10H2,1-4H3,(H,18,19). The zero-order chi connectivity index (χ0) is 15.2. The van der Waals surface area contributed by atoms with Crippen LogP contribution in [0.15, 0.2) is 17.6 Å². The Morgan fingerprint density at radius 2 is 1.95 bits per heavy atom. The van der Waals surface area contributed by atoms with E-state index in [0.717, 1.165) is 42.3 Å². The van der Waals surface area contributed by atoms with Crippen molar-refractivity contribution in [3.8, 4) is 0 Å². The van der Waals surface area contributed by atoms with E-state index in [2.05, 4.69) is 46.0 Å². The van der Waals surface area contributed by atoms with E-state index in [1.807, 2.05) is 18.6 Å². The molecule has 2 rings (SSSR count). The topological polar surface area (TPSA) is 57.7 Å². The highest BCUT2D eigenvalue weighted by atomic mass is 32.2. The van der Waals surface area contributed by atoms with Crippen LogP contribution in [0.4, 0.5) is 0 Å². The van der Waals surface area contributed by atoms with Crippen molar-refractivity contribution >= 4 is 11.8 Å². The Hall–Kier alpha value is -1.40. The monoisotopic (exact) mass is 305 g/mol. The van der Waals surface area contributed by atoms with Crippen LogP contribution >= 0.6 is 11.8 Å². The molecule has 0 bridgehead atoms. The number of aromatic nitrogens is 4. The zero-order valence-electron chi connectivity index (χ0n) is 13.2. The molecule has 0 atom stereocenters. The number of aromatic amines is 1. The van der Waals surface area contributed by atoms with E-state index in [1.54, 1.807) is 11.8 Å². The van der Waals surface area contributed by atoms with Gasteiger partial charge in [-0.25, -0.2) is 9.97 Å². The van der Waals surface area contributed by atoms with Crippen molar-refractivity contribution < 1.29 is 0 Å². The van der Waals surface area contributed by atoms with E-state index in [-0.39, 0.29) is 0 Å². The Bertz CT molecular complexity index is 544. The molecular formula is C15H23N5S. The highest BCUT2D eigenvalue weighted by Gasteiger charge is 2.07. The second-order valence-corrected chi connectivity index (χ2v) is 6.11. The van der Waals surface area contributed by atoms with Crippen molar-refractivity contribution in [1.29, 1.82) is 0 Å². The van der Waals surface area contributed by atoms with Crippen molar-refractivity contribution in [1.82, 2.24) is 25.1 Å². The molecule has 6 heteroatoms. The first-order chi connectivity index (χ1) is 10.1. The lowest BCUT2D eigenvalue weighted by Gasteiger charge is -2.16. The molecular weight excluding hydrogens is 282 g/mol. The zero-order valence-corrected chi connectivity index (χ0v) is 14.0. The van der Waals surface area contributed by atoms with E-state index in [9.17, 15) is 0 Å². The van der Waals surface area contributed by atoms with Crippen molar-refractivity contribution in [2.24, 2.45) is 0 Å². The molecule has 0 aliphatic rings. The molecule has 0 aromatic carbocycles. The molecule has 2 heterocycles. The minimum absolute atomic E-state index is 0.826. The molecule has 0 spiro atoms. The van der Waals surface area contributed by atoms with Gasteiger partial charge < -0.3 is 4.90 Å². The fourth-order valence-corrected chi connectivity index (χ4v) is 2.71. The fourth-order valence-electron chi connectivity index (χ4n) is 2.39. The molecule has 0 fully saturated rings. The summed E-state index contributed by atoms with van der Waals surface area (Å²) in [4.78, 5) is 10.9. The van der Waals surface area contributed by atoms with Crippen LogP contribution in [0.25, 0.3) is 0 Å². The van der Waals surface area contributed by atoms with E-state index >= 15 is 0 Å². The number of aryl methyl sites for hydroxylation is 2. The smallest absolute Gasteiger partial charge is 0.187 e. The Labute approximate surface area is 130 Å². The molecule has 0 aliphatic heterocycles. The quantitative estimate of drug-likeness (QED) is 0.629. The lowest BCUT2D eigenvalue weighted by molar-refractivity contribution is 0.321. The summed E-state index contributed by atoms with van der Waals surface area (Å²) in [5.74, 6) is 0. The van der Waals surface area contributed by atoms with Gasteiger partial charge in [0.25, 0.3) is 0 Å². The van der Waals surface area contributed by atoms with Gasteiger partial charge >= 0.3 is 0 Å². The maximum Gasteiger partial charge on any atom is 0.187 e. The third-order valence-electron chi connectivity index (χ3n) is 3.56. The third-order valence-corrected chi connectivity index (χ3v) is 4.14. The summed E-state index contributed by atoms with van der Waals surface area (Å²) in [5.41, 5.74) is 4.83. The molecule has 114 valence electrons. The first kappa shape index (κ1) is 16.0.